The molecule has 1 amide bonds. The summed E-state index contributed by atoms with van der Waals surface area (Å²) in [4.78, 5) is 31.3. The van der Waals surface area contributed by atoms with Gasteiger partial charge in [0.2, 0.25) is 0 Å². The van der Waals surface area contributed by atoms with Gasteiger partial charge < -0.3 is 14.3 Å². The number of amides is 1. The lowest BCUT2D eigenvalue weighted by Crippen LogP contribution is -2.49. The summed E-state index contributed by atoms with van der Waals surface area (Å²) in [6.45, 7) is 6.67. The third kappa shape index (κ3) is 5.10. The molecule has 5 aromatic rings. The van der Waals surface area contributed by atoms with E-state index in [9.17, 15) is 4.79 Å². The maximum atomic E-state index is 13.2. The lowest BCUT2D eigenvalue weighted by Gasteiger charge is -2.35. The Morgan fingerprint density at radius 3 is 2.36 bits per heavy atom. The summed E-state index contributed by atoms with van der Waals surface area (Å²) in [5.74, 6) is 1.51. The van der Waals surface area contributed by atoms with E-state index in [2.05, 4.69) is 53.2 Å². The van der Waals surface area contributed by atoms with E-state index >= 15 is 0 Å². The normalized spacial score (nSPS) is 13.7. The summed E-state index contributed by atoms with van der Waals surface area (Å²) in [7, 11) is 0. The van der Waals surface area contributed by atoms with Gasteiger partial charge >= 0.3 is 0 Å². The zero-order valence-electron chi connectivity index (χ0n) is 22.2. The van der Waals surface area contributed by atoms with Crippen molar-refractivity contribution in [1.82, 2.24) is 25.0 Å². The van der Waals surface area contributed by atoms with Gasteiger partial charge in [-0.2, -0.15) is 4.98 Å². The van der Waals surface area contributed by atoms with E-state index in [4.69, 9.17) is 14.5 Å². The number of aryl methyl sites for hydroxylation is 2. The van der Waals surface area contributed by atoms with Crippen LogP contribution < -0.4 is 4.90 Å². The molecule has 1 saturated heterocycles. The van der Waals surface area contributed by atoms with Crippen molar-refractivity contribution in [3.8, 4) is 11.3 Å². The number of pyridine rings is 1. The quantitative estimate of drug-likeness (QED) is 0.309. The maximum Gasteiger partial charge on any atom is 0.263 e. The highest BCUT2D eigenvalue weighted by Crippen LogP contribution is 2.34. The van der Waals surface area contributed by atoms with Crippen LogP contribution in [0.25, 0.3) is 22.4 Å². The van der Waals surface area contributed by atoms with Crippen molar-refractivity contribution in [2.45, 2.75) is 26.7 Å². The van der Waals surface area contributed by atoms with E-state index in [0.29, 0.717) is 49.8 Å². The van der Waals surface area contributed by atoms with Crippen molar-refractivity contribution in [3.05, 3.63) is 101 Å². The van der Waals surface area contributed by atoms with Crippen LogP contribution in [-0.2, 0) is 12.8 Å². The highest BCUT2D eigenvalue weighted by atomic mass is 16.5. The fourth-order valence-electron chi connectivity index (χ4n) is 4.96. The average Bonchev–Trinajstić information content (AvgIpc) is 3.42. The number of fused-ring (bicyclic) bond motifs is 1. The van der Waals surface area contributed by atoms with Crippen LogP contribution in [0.2, 0.25) is 0 Å². The number of carbonyl (C=O) groups is 1. The van der Waals surface area contributed by atoms with E-state index in [1.165, 1.54) is 11.1 Å². The van der Waals surface area contributed by atoms with E-state index < -0.39 is 0 Å². The van der Waals surface area contributed by atoms with Crippen molar-refractivity contribution in [1.29, 1.82) is 0 Å². The number of aromatic nitrogens is 4. The molecule has 1 aliphatic rings. The number of hydrogen-bond acceptors (Lipinski definition) is 7. The number of rotatable bonds is 6. The molecule has 0 bridgehead atoms. The molecule has 8 heteroatoms. The van der Waals surface area contributed by atoms with E-state index in [1.807, 2.05) is 41.3 Å². The van der Waals surface area contributed by atoms with E-state index in [1.54, 1.807) is 12.4 Å². The largest absolute Gasteiger partial charge is 0.352 e. The van der Waals surface area contributed by atoms with Crippen LogP contribution in [0, 0.1) is 6.92 Å². The topological polar surface area (TPSA) is 88.3 Å². The molecular formula is C31H30N6O2. The van der Waals surface area contributed by atoms with Crippen LogP contribution in [-0.4, -0.2) is 57.1 Å². The Hall–Kier alpha value is -4.59. The van der Waals surface area contributed by atoms with Crippen molar-refractivity contribution in [2.75, 3.05) is 31.1 Å². The molecule has 0 unspecified atom stereocenters. The molecule has 4 heterocycles. The third-order valence-corrected chi connectivity index (χ3v) is 7.26. The molecular weight excluding hydrogens is 488 g/mol. The van der Waals surface area contributed by atoms with Gasteiger partial charge in [-0.15, -0.1) is 0 Å². The van der Waals surface area contributed by atoms with Crippen molar-refractivity contribution >= 4 is 22.8 Å². The molecule has 0 aliphatic carbocycles. The lowest BCUT2D eigenvalue weighted by molar-refractivity contribution is 0.0746. The fraction of sp³-hybridized carbons (Fsp3) is 0.258. The fourth-order valence-corrected chi connectivity index (χ4v) is 4.96. The van der Waals surface area contributed by atoms with Crippen molar-refractivity contribution in [2.24, 2.45) is 0 Å². The van der Waals surface area contributed by atoms with Gasteiger partial charge in [0.25, 0.3) is 11.6 Å². The van der Waals surface area contributed by atoms with Gasteiger partial charge in [-0.3, -0.25) is 9.78 Å². The van der Waals surface area contributed by atoms with Crippen molar-refractivity contribution in [3.63, 3.8) is 0 Å². The summed E-state index contributed by atoms with van der Waals surface area (Å²) in [5.41, 5.74) is 6.26. The standard InChI is InChI=1S/C31H30N6O2/c1-3-22-10-12-24(13-11-22)31(38)37-17-15-36(16-18-37)29-27-28(25-5-4-14-32-20-25)35-39-30(27)34-26(33-29)19-23-8-6-21(2)7-9-23/h4-14,20H,3,15-19H2,1-2H3. The Labute approximate surface area is 227 Å². The SMILES string of the molecule is CCc1ccc(C(=O)N2CCN(c3nc(Cc4ccc(C)cc4)nc4onc(-c5cccnc5)c34)CC2)cc1. The molecule has 0 saturated carbocycles. The van der Waals surface area contributed by atoms with Gasteiger partial charge in [0.05, 0.1) is 0 Å². The molecule has 6 rings (SSSR count). The summed E-state index contributed by atoms with van der Waals surface area (Å²) in [5, 5.41) is 5.14. The van der Waals surface area contributed by atoms with Gasteiger partial charge in [-0.05, 0) is 48.7 Å². The van der Waals surface area contributed by atoms with Crippen LogP contribution in [0.1, 0.15) is 39.8 Å². The number of carbonyl (C=O) groups excluding carboxylic acids is 1. The van der Waals surface area contributed by atoms with Gasteiger partial charge in [0, 0.05) is 56.1 Å². The molecule has 0 N–H and O–H groups in total. The van der Waals surface area contributed by atoms with Crippen LogP contribution in [0.3, 0.4) is 0 Å². The molecule has 8 nitrogen and oxygen atoms in total. The Bertz CT molecular complexity index is 1590. The minimum atomic E-state index is 0.0613. The number of benzene rings is 2. The molecule has 0 spiro atoms. The average molecular weight is 519 g/mol. The number of anilines is 1. The highest BCUT2D eigenvalue weighted by Gasteiger charge is 2.27. The minimum Gasteiger partial charge on any atom is -0.352 e. The monoisotopic (exact) mass is 518 g/mol. The van der Waals surface area contributed by atoms with Crippen LogP contribution in [0.5, 0.6) is 0 Å². The second-order valence-corrected chi connectivity index (χ2v) is 9.91. The number of piperazine rings is 1. The second kappa shape index (κ2) is 10.6. The Kier molecular flexibility index (Phi) is 6.75. The third-order valence-electron chi connectivity index (χ3n) is 7.26. The van der Waals surface area contributed by atoms with Gasteiger partial charge in [-0.1, -0.05) is 54.0 Å². The smallest absolute Gasteiger partial charge is 0.263 e. The summed E-state index contributed by atoms with van der Waals surface area (Å²) >= 11 is 0. The predicted octanol–water partition coefficient (Wildman–Crippen LogP) is 5.10. The van der Waals surface area contributed by atoms with Gasteiger partial charge in [-0.25, -0.2) is 4.98 Å². The Morgan fingerprint density at radius 2 is 1.67 bits per heavy atom. The van der Waals surface area contributed by atoms with Crippen LogP contribution in [0.15, 0.2) is 77.6 Å². The first kappa shape index (κ1) is 24.7. The number of nitrogens with zero attached hydrogens (tertiary/aromatic N) is 6. The van der Waals surface area contributed by atoms with E-state index in [0.717, 1.165) is 34.3 Å². The van der Waals surface area contributed by atoms with Gasteiger partial charge in [0.15, 0.2) is 0 Å². The highest BCUT2D eigenvalue weighted by molar-refractivity contribution is 5.98. The van der Waals surface area contributed by atoms with Gasteiger partial charge in [0.1, 0.15) is 22.7 Å². The molecule has 39 heavy (non-hydrogen) atoms. The van der Waals surface area contributed by atoms with Crippen LogP contribution >= 0.6 is 0 Å². The summed E-state index contributed by atoms with van der Waals surface area (Å²) in [6.07, 6.45) is 5.03. The molecule has 196 valence electrons. The zero-order valence-corrected chi connectivity index (χ0v) is 22.2. The molecule has 0 radical (unpaired) electrons. The first-order valence-electron chi connectivity index (χ1n) is 13.3. The lowest BCUT2D eigenvalue weighted by atomic mass is 10.1. The molecule has 3 aromatic heterocycles. The summed E-state index contributed by atoms with van der Waals surface area (Å²) in [6, 6.07) is 20.1. The molecule has 1 fully saturated rings. The first-order valence-corrected chi connectivity index (χ1v) is 13.3. The predicted molar refractivity (Wildman–Crippen MR) is 151 cm³/mol. The maximum absolute atomic E-state index is 13.2. The molecule has 1 aliphatic heterocycles. The Morgan fingerprint density at radius 1 is 0.923 bits per heavy atom. The zero-order chi connectivity index (χ0) is 26.8. The van der Waals surface area contributed by atoms with E-state index in [-0.39, 0.29) is 5.91 Å². The first-order chi connectivity index (χ1) is 19.1. The molecule has 0 atom stereocenters. The van der Waals surface area contributed by atoms with Crippen molar-refractivity contribution < 1.29 is 9.32 Å². The minimum absolute atomic E-state index is 0.0613. The summed E-state index contributed by atoms with van der Waals surface area (Å²) < 4.78 is 5.75. The van der Waals surface area contributed by atoms with Crippen LogP contribution in [0.4, 0.5) is 5.82 Å². The number of hydrogen-bond donors (Lipinski definition) is 0. The second-order valence-electron chi connectivity index (χ2n) is 9.91. The Balaban J connectivity index is 1.31. The molecule has 2 aromatic carbocycles.